The van der Waals surface area contributed by atoms with Crippen LogP contribution in [0.2, 0.25) is 0 Å². The van der Waals surface area contributed by atoms with Crippen molar-refractivity contribution in [2.75, 3.05) is 0 Å². The fourth-order valence-corrected chi connectivity index (χ4v) is 9.14. The van der Waals surface area contributed by atoms with Crippen molar-refractivity contribution in [2.45, 2.75) is 80.6 Å². The number of thiophene rings is 1. The largest absolute Gasteiger partial charge is 0.309 e. The average molecular weight is 859 g/mol. The lowest BCUT2D eigenvalue weighted by molar-refractivity contribution is 0.814. The minimum absolute atomic E-state index is 0.627. The number of hydrogen-bond donors (Lipinski definition) is 0. The molecule has 0 saturated heterocycles. The van der Waals surface area contributed by atoms with Crippen molar-refractivity contribution in [3.63, 3.8) is 0 Å². The van der Waals surface area contributed by atoms with Gasteiger partial charge in [-0.3, -0.25) is 0 Å². The molecule has 0 atom stereocenters. The van der Waals surface area contributed by atoms with E-state index in [-0.39, 0.29) is 0 Å². The minimum atomic E-state index is 0.627. The van der Waals surface area contributed by atoms with Gasteiger partial charge in [-0.2, -0.15) is 0 Å². The Morgan fingerprint density at radius 2 is 1.42 bits per heavy atom. The molecule has 0 N–H and O–H groups in total. The standard InChI is InChI=1S/C55H50N4S.2C2H6/c1-6-10-12-23-38(5)53-56-54(41(21-7-2)22-8-3)58-55(57-53)42-34-32-40(33-35-42)47-36-43(37-48-46-29-18-20-31-51(46)60-52(47)48)59-49(9-4)44(45-28-17-19-30-50(45)59)27-16-15-26-39-24-13-11-14-25-39;2*1-2/h7-9,11,13-14,16-25,27-37H,2,4,6,10,12,15,26H2,1,3,5H3;2*1-2H3/b22-8-,27-16-,38-23+,41-21+;;. The van der Waals surface area contributed by atoms with Crippen LogP contribution in [0, 0.1) is 0 Å². The molecule has 0 spiro atoms. The summed E-state index contributed by atoms with van der Waals surface area (Å²) in [5.41, 5.74) is 11.0. The zero-order valence-corrected chi connectivity index (χ0v) is 39.6. The third kappa shape index (κ3) is 10.4. The number of hydrogen-bond acceptors (Lipinski definition) is 4. The topological polar surface area (TPSA) is 43.6 Å². The third-order valence-corrected chi connectivity index (χ3v) is 12.2. The summed E-state index contributed by atoms with van der Waals surface area (Å²) in [5, 5.41) is 3.70. The van der Waals surface area contributed by atoms with Gasteiger partial charge in [0.25, 0.3) is 0 Å². The number of allylic oxidation sites excluding steroid dienone is 8. The Bertz CT molecular complexity index is 2950. The number of nitrogens with zero attached hydrogens (tertiary/aromatic N) is 4. The number of rotatable bonds is 15. The van der Waals surface area contributed by atoms with Crippen LogP contribution >= 0.6 is 11.3 Å². The normalized spacial score (nSPS) is 11.9. The number of aromatic nitrogens is 4. The van der Waals surface area contributed by atoms with Gasteiger partial charge >= 0.3 is 0 Å². The highest BCUT2D eigenvalue weighted by Gasteiger charge is 2.19. The fourth-order valence-electron chi connectivity index (χ4n) is 7.92. The van der Waals surface area contributed by atoms with Crippen LogP contribution in [0.5, 0.6) is 0 Å². The van der Waals surface area contributed by atoms with E-state index in [1.165, 1.54) is 42.2 Å². The van der Waals surface area contributed by atoms with Gasteiger partial charge < -0.3 is 4.57 Å². The Kier molecular flexibility index (Phi) is 16.9. The third-order valence-electron chi connectivity index (χ3n) is 10.9. The van der Waals surface area contributed by atoms with Crippen molar-refractivity contribution in [3.05, 3.63) is 193 Å². The van der Waals surface area contributed by atoms with Gasteiger partial charge in [0.15, 0.2) is 17.5 Å². The van der Waals surface area contributed by atoms with E-state index in [0.717, 1.165) is 71.3 Å². The molecule has 0 unspecified atom stereocenters. The average Bonchev–Trinajstić information content (AvgIpc) is 3.89. The zero-order valence-electron chi connectivity index (χ0n) is 38.7. The maximum Gasteiger partial charge on any atom is 0.164 e. The van der Waals surface area contributed by atoms with Crippen LogP contribution in [0.15, 0.2) is 165 Å². The van der Waals surface area contributed by atoms with E-state index in [9.17, 15) is 0 Å². The van der Waals surface area contributed by atoms with Crippen molar-refractivity contribution >= 4 is 65.7 Å². The predicted molar refractivity (Wildman–Crippen MR) is 283 cm³/mol. The first kappa shape index (κ1) is 46.8. The van der Waals surface area contributed by atoms with Gasteiger partial charge in [-0.15, -0.1) is 11.3 Å². The molecule has 3 heterocycles. The summed E-state index contributed by atoms with van der Waals surface area (Å²) < 4.78 is 4.91. The molecule has 0 bridgehead atoms. The monoisotopic (exact) mass is 858 g/mol. The van der Waals surface area contributed by atoms with Crippen LogP contribution in [-0.2, 0) is 6.42 Å². The highest BCUT2D eigenvalue weighted by Crippen LogP contribution is 2.43. The number of unbranched alkanes of at least 4 members (excludes halogenated alkanes) is 2. The number of fused-ring (bicyclic) bond motifs is 4. The number of benzene rings is 5. The number of aryl methyl sites for hydroxylation is 1. The molecule has 5 aromatic carbocycles. The minimum Gasteiger partial charge on any atom is -0.309 e. The maximum absolute atomic E-state index is 5.03. The van der Waals surface area contributed by atoms with Gasteiger partial charge in [-0.05, 0) is 80.2 Å². The first-order chi connectivity index (χ1) is 31.5. The highest BCUT2D eigenvalue weighted by molar-refractivity contribution is 7.26. The second-order valence-corrected chi connectivity index (χ2v) is 16.1. The van der Waals surface area contributed by atoms with Crippen LogP contribution in [-0.4, -0.2) is 19.5 Å². The number of para-hydroxylation sites is 1. The molecule has 324 valence electrons. The van der Waals surface area contributed by atoms with Crippen molar-refractivity contribution in [2.24, 2.45) is 0 Å². The van der Waals surface area contributed by atoms with Crippen molar-refractivity contribution < 1.29 is 0 Å². The maximum atomic E-state index is 5.03. The summed E-state index contributed by atoms with van der Waals surface area (Å²) in [6.07, 6.45) is 21.8. The summed E-state index contributed by atoms with van der Waals surface area (Å²) in [6.45, 7) is 22.6. The summed E-state index contributed by atoms with van der Waals surface area (Å²) in [7, 11) is 0. The van der Waals surface area contributed by atoms with Crippen molar-refractivity contribution in [1.29, 1.82) is 0 Å². The molecule has 0 aliphatic rings. The quantitative estimate of drug-likeness (QED) is 0.0762. The Morgan fingerprint density at radius 1 is 0.734 bits per heavy atom. The molecule has 0 saturated carbocycles. The van der Waals surface area contributed by atoms with Crippen molar-refractivity contribution in [3.8, 4) is 28.2 Å². The summed E-state index contributed by atoms with van der Waals surface area (Å²) >= 11 is 1.85. The van der Waals surface area contributed by atoms with Gasteiger partial charge in [0, 0.05) is 53.5 Å². The smallest absolute Gasteiger partial charge is 0.164 e. The molecule has 0 aliphatic heterocycles. The molecular formula is C59H62N4S. The molecular weight excluding hydrogens is 797 g/mol. The van der Waals surface area contributed by atoms with Crippen LogP contribution in [0.3, 0.4) is 0 Å². The Hall–Kier alpha value is -6.69. The first-order valence-corrected chi connectivity index (χ1v) is 23.7. The van der Waals surface area contributed by atoms with E-state index in [4.69, 9.17) is 15.0 Å². The molecule has 8 rings (SSSR count). The van der Waals surface area contributed by atoms with E-state index in [1.807, 2.05) is 70.3 Å². The molecule has 0 fully saturated rings. The lowest BCUT2D eigenvalue weighted by atomic mass is 10.00. The molecule has 0 radical (unpaired) electrons. The SMILES string of the molecule is C=C/C=C(\C=C/C)c1nc(/C(C)=C/CCCC)nc(-c2ccc(-c3cc(-n4c(C=C)c(/C=C\CCc5ccccc5)c5ccccc54)cc4c3sc3ccccc34)cc2)n1.CC.CC. The first-order valence-electron chi connectivity index (χ1n) is 22.9. The Labute approximate surface area is 385 Å². The van der Waals surface area contributed by atoms with E-state index in [0.29, 0.717) is 17.5 Å². The Morgan fingerprint density at radius 3 is 2.14 bits per heavy atom. The lowest BCUT2D eigenvalue weighted by Crippen LogP contribution is -2.04. The van der Waals surface area contributed by atoms with Gasteiger partial charge in [0.05, 0.1) is 11.2 Å². The molecule has 5 heteroatoms. The van der Waals surface area contributed by atoms with Crippen LogP contribution < -0.4 is 0 Å². The summed E-state index contributed by atoms with van der Waals surface area (Å²) in [4.78, 5) is 15.0. The van der Waals surface area contributed by atoms with Gasteiger partial charge in [0.1, 0.15) is 0 Å². The fraction of sp³-hybridized carbons (Fsp3) is 0.203. The molecule has 0 aliphatic carbocycles. The van der Waals surface area contributed by atoms with E-state index < -0.39 is 0 Å². The van der Waals surface area contributed by atoms with Gasteiger partial charge in [-0.25, -0.2) is 15.0 Å². The van der Waals surface area contributed by atoms with E-state index in [1.54, 1.807) is 6.08 Å². The van der Waals surface area contributed by atoms with Crippen LogP contribution in [0.4, 0.5) is 0 Å². The van der Waals surface area contributed by atoms with E-state index in [2.05, 4.69) is 165 Å². The molecule has 64 heavy (non-hydrogen) atoms. The molecule has 8 aromatic rings. The second kappa shape index (κ2) is 23.1. The van der Waals surface area contributed by atoms with Crippen LogP contribution in [0.1, 0.15) is 103 Å². The van der Waals surface area contributed by atoms with E-state index >= 15 is 0 Å². The predicted octanol–water partition coefficient (Wildman–Crippen LogP) is 17.6. The lowest BCUT2D eigenvalue weighted by Gasteiger charge is -2.14. The molecule has 3 aromatic heterocycles. The van der Waals surface area contributed by atoms with Gasteiger partial charge in [-0.1, -0.05) is 194 Å². The second-order valence-electron chi connectivity index (χ2n) is 15.0. The molecule has 4 nitrogen and oxygen atoms in total. The highest BCUT2D eigenvalue weighted by atomic mass is 32.1. The zero-order chi connectivity index (χ0) is 45.4. The summed E-state index contributed by atoms with van der Waals surface area (Å²) in [6, 6.07) is 41.5. The van der Waals surface area contributed by atoms with Crippen molar-refractivity contribution in [1.82, 2.24) is 19.5 Å². The summed E-state index contributed by atoms with van der Waals surface area (Å²) in [5.74, 6) is 1.96. The van der Waals surface area contributed by atoms with Gasteiger partial charge in [0.2, 0.25) is 0 Å². The van der Waals surface area contributed by atoms with Crippen LogP contribution in [0.25, 0.3) is 82.6 Å². The molecule has 0 amide bonds. The Balaban J connectivity index is 0.00000165.